The van der Waals surface area contributed by atoms with Gasteiger partial charge in [0, 0.05) is 31.2 Å². The van der Waals surface area contributed by atoms with Gasteiger partial charge in [0.05, 0.1) is 16.8 Å². The molecule has 7 nitrogen and oxygen atoms in total. The Bertz CT molecular complexity index is 889. The molecule has 2 saturated heterocycles. The van der Waals surface area contributed by atoms with Crippen molar-refractivity contribution < 1.29 is 18.1 Å². The Morgan fingerprint density at radius 2 is 2.00 bits per heavy atom. The number of piperazine rings is 1. The van der Waals surface area contributed by atoms with Crippen LogP contribution in [0.5, 0.6) is 5.75 Å². The van der Waals surface area contributed by atoms with E-state index in [1.54, 1.807) is 24.4 Å². The van der Waals surface area contributed by atoms with Gasteiger partial charge in [-0.05, 0) is 25.5 Å². The summed E-state index contributed by atoms with van der Waals surface area (Å²) in [4.78, 5) is 6.18. The van der Waals surface area contributed by atoms with E-state index in [2.05, 4.69) is 15.2 Å². The molecular weight excluding hydrogens is 378 g/mol. The molecule has 2 aliphatic rings. The van der Waals surface area contributed by atoms with E-state index in [0.29, 0.717) is 12.1 Å². The van der Waals surface area contributed by atoms with Gasteiger partial charge in [-0.3, -0.25) is 4.55 Å². The van der Waals surface area contributed by atoms with E-state index in [1.807, 2.05) is 6.92 Å². The van der Waals surface area contributed by atoms with Crippen molar-refractivity contribution in [1.29, 1.82) is 0 Å². The SMILES string of the molecule is Cc1ccc(S(=O)(=O)O)cc1.Oc1cc(N2C[C@@H]3C[C@H]2CN3)cnc1Cl. The van der Waals surface area contributed by atoms with E-state index in [9.17, 15) is 13.5 Å². The number of nitrogens with one attached hydrogen (secondary N) is 1. The Morgan fingerprint density at radius 1 is 1.31 bits per heavy atom. The van der Waals surface area contributed by atoms with Crippen molar-refractivity contribution in [3.63, 3.8) is 0 Å². The van der Waals surface area contributed by atoms with Crippen LogP contribution in [0.25, 0.3) is 0 Å². The average Bonchev–Trinajstić information content (AvgIpc) is 3.21. The molecule has 2 aromatic rings. The van der Waals surface area contributed by atoms with Crippen molar-refractivity contribution >= 4 is 27.4 Å². The van der Waals surface area contributed by atoms with E-state index in [0.717, 1.165) is 24.3 Å². The molecule has 1 aromatic carbocycles. The lowest BCUT2D eigenvalue weighted by molar-refractivity contribution is 0.472. The Labute approximate surface area is 157 Å². The Balaban J connectivity index is 0.000000160. The van der Waals surface area contributed by atoms with Crippen LogP contribution in [0.2, 0.25) is 5.15 Å². The fourth-order valence-electron chi connectivity index (χ4n) is 3.17. The highest BCUT2D eigenvalue weighted by Crippen LogP contribution is 2.32. The highest BCUT2D eigenvalue weighted by molar-refractivity contribution is 7.85. The molecule has 4 rings (SSSR count). The Morgan fingerprint density at radius 3 is 2.50 bits per heavy atom. The molecule has 26 heavy (non-hydrogen) atoms. The summed E-state index contributed by atoms with van der Waals surface area (Å²) < 4.78 is 29.6. The van der Waals surface area contributed by atoms with Gasteiger partial charge in [-0.1, -0.05) is 29.3 Å². The number of rotatable bonds is 2. The molecule has 3 heterocycles. The van der Waals surface area contributed by atoms with E-state index in [1.165, 1.54) is 18.6 Å². The minimum Gasteiger partial charge on any atom is -0.505 e. The number of halogens is 1. The maximum Gasteiger partial charge on any atom is 0.294 e. The first-order valence-electron chi connectivity index (χ1n) is 8.13. The molecule has 0 radical (unpaired) electrons. The first kappa shape index (κ1) is 18.9. The van der Waals surface area contributed by atoms with Crippen LogP contribution in [0.3, 0.4) is 0 Å². The number of fused-ring (bicyclic) bond motifs is 2. The van der Waals surface area contributed by atoms with Crippen molar-refractivity contribution in [3.8, 4) is 5.75 Å². The lowest BCUT2D eigenvalue weighted by Gasteiger charge is -2.29. The molecule has 0 unspecified atom stereocenters. The van der Waals surface area contributed by atoms with Gasteiger partial charge >= 0.3 is 0 Å². The minimum absolute atomic E-state index is 0.0601. The standard InChI is InChI=1S/C10H12ClN3O.C7H8O3S/c11-10-9(15)2-8(4-13-10)14-5-6-1-7(14)3-12-6;1-6-2-4-7(5-3-6)11(8,9)10/h2,4,6-7,12,15H,1,3,5H2;2-5H,1H3,(H,8,9,10)/t6-,7-;/m0./s1. The topological polar surface area (TPSA) is 103 Å². The minimum atomic E-state index is -4.02. The monoisotopic (exact) mass is 397 g/mol. The third-order valence-corrected chi connectivity index (χ3v) is 5.67. The molecule has 0 aliphatic carbocycles. The number of pyridine rings is 1. The molecule has 0 saturated carbocycles. The number of aromatic nitrogens is 1. The molecule has 0 spiro atoms. The van der Waals surface area contributed by atoms with Gasteiger partial charge in [-0.25, -0.2) is 4.98 Å². The first-order valence-corrected chi connectivity index (χ1v) is 9.94. The Hall–Kier alpha value is -1.87. The smallest absolute Gasteiger partial charge is 0.294 e. The summed E-state index contributed by atoms with van der Waals surface area (Å²) in [6.45, 7) is 3.86. The summed E-state index contributed by atoms with van der Waals surface area (Å²) in [5, 5.41) is 13.1. The van der Waals surface area contributed by atoms with Crippen molar-refractivity contribution in [2.45, 2.75) is 30.3 Å². The summed E-state index contributed by atoms with van der Waals surface area (Å²) in [5.41, 5.74) is 1.92. The zero-order chi connectivity index (χ0) is 18.9. The zero-order valence-corrected chi connectivity index (χ0v) is 15.7. The second kappa shape index (κ2) is 7.40. The number of anilines is 1. The summed E-state index contributed by atoms with van der Waals surface area (Å²) >= 11 is 5.67. The van der Waals surface area contributed by atoms with E-state index < -0.39 is 10.1 Å². The number of hydrogen-bond donors (Lipinski definition) is 3. The van der Waals surface area contributed by atoms with Gasteiger partial charge in [-0.2, -0.15) is 8.42 Å². The average molecular weight is 398 g/mol. The predicted octanol–water partition coefficient (Wildman–Crippen LogP) is 2.23. The maximum atomic E-state index is 10.5. The van der Waals surface area contributed by atoms with Crippen LogP contribution in [0, 0.1) is 6.92 Å². The quantitative estimate of drug-likeness (QED) is 0.527. The van der Waals surface area contributed by atoms with Crippen LogP contribution < -0.4 is 10.2 Å². The Kier molecular flexibility index (Phi) is 5.38. The predicted molar refractivity (Wildman–Crippen MR) is 99.4 cm³/mol. The highest BCUT2D eigenvalue weighted by Gasteiger charge is 2.37. The van der Waals surface area contributed by atoms with Gasteiger partial charge < -0.3 is 15.3 Å². The number of hydrogen-bond acceptors (Lipinski definition) is 6. The molecule has 2 fully saturated rings. The van der Waals surface area contributed by atoms with Crippen LogP contribution in [0.15, 0.2) is 41.4 Å². The van der Waals surface area contributed by atoms with Crippen molar-refractivity contribution in [3.05, 3.63) is 47.2 Å². The zero-order valence-electron chi connectivity index (χ0n) is 14.1. The van der Waals surface area contributed by atoms with Crippen molar-refractivity contribution in [1.82, 2.24) is 10.3 Å². The molecular formula is C17H20ClN3O4S. The third-order valence-electron chi connectivity index (χ3n) is 4.51. The van der Waals surface area contributed by atoms with Crippen LogP contribution in [0.4, 0.5) is 5.69 Å². The second-order valence-electron chi connectivity index (χ2n) is 6.44. The van der Waals surface area contributed by atoms with E-state index in [-0.39, 0.29) is 15.8 Å². The van der Waals surface area contributed by atoms with Crippen molar-refractivity contribution in [2.75, 3.05) is 18.0 Å². The van der Waals surface area contributed by atoms with Crippen molar-refractivity contribution in [2.24, 2.45) is 0 Å². The number of aromatic hydroxyl groups is 1. The lowest BCUT2D eigenvalue weighted by atomic mass is 10.2. The second-order valence-corrected chi connectivity index (χ2v) is 8.22. The largest absolute Gasteiger partial charge is 0.505 e. The maximum absolute atomic E-state index is 10.5. The van der Waals surface area contributed by atoms with Crippen LogP contribution in [-0.2, 0) is 10.1 Å². The first-order chi connectivity index (χ1) is 12.2. The normalized spacial score (nSPS) is 21.4. The molecule has 3 N–H and O–H groups in total. The van der Waals surface area contributed by atoms with Gasteiger partial charge in [0.15, 0.2) is 10.9 Å². The van der Waals surface area contributed by atoms with Crippen LogP contribution in [0.1, 0.15) is 12.0 Å². The molecule has 0 amide bonds. The number of aryl methyl sites for hydroxylation is 1. The molecule has 2 aliphatic heterocycles. The van der Waals surface area contributed by atoms with Crippen LogP contribution in [-0.4, -0.2) is 48.2 Å². The summed E-state index contributed by atoms with van der Waals surface area (Å²) in [6, 6.07) is 8.81. The van der Waals surface area contributed by atoms with E-state index in [4.69, 9.17) is 16.2 Å². The summed E-state index contributed by atoms with van der Waals surface area (Å²) in [5.74, 6) is 0.0601. The summed E-state index contributed by atoms with van der Waals surface area (Å²) in [6.07, 6.45) is 2.91. The summed E-state index contributed by atoms with van der Waals surface area (Å²) in [7, 11) is -4.02. The van der Waals surface area contributed by atoms with E-state index >= 15 is 0 Å². The number of benzene rings is 1. The molecule has 2 atom stereocenters. The van der Waals surface area contributed by atoms with Crippen LogP contribution >= 0.6 is 11.6 Å². The number of nitrogens with zero attached hydrogens (tertiary/aromatic N) is 2. The van der Waals surface area contributed by atoms with Gasteiger partial charge in [0.1, 0.15) is 0 Å². The molecule has 9 heteroatoms. The lowest BCUT2D eigenvalue weighted by Crippen LogP contribution is -2.43. The van der Waals surface area contributed by atoms with Gasteiger partial charge in [-0.15, -0.1) is 0 Å². The van der Waals surface area contributed by atoms with Gasteiger partial charge in [0.2, 0.25) is 0 Å². The molecule has 2 bridgehead atoms. The molecule has 1 aromatic heterocycles. The third kappa shape index (κ3) is 4.27. The molecule has 140 valence electrons. The fourth-order valence-corrected chi connectivity index (χ4v) is 3.75. The highest BCUT2D eigenvalue weighted by atomic mass is 35.5. The van der Waals surface area contributed by atoms with Gasteiger partial charge in [0.25, 0.3) is 10.1 Å². The fraction of sp³-hybridized carbons (Fsp3) is 0.353.